The third-order valence-corrected chi connectivity index (χ3v) is 5.32. The first-order valence-corrected chi connectivity index (χ1v) is 9.96. The fraction of sp³-hybridized carbons (Fsp3) is 0.300. The van der Waals surface area contributed by atoms with Gasteiger partial charge in [-0.15, -0.1) is 0 Å². The summed E-state index contributed by atoms with van der Waals surface area (Å²) in [6.07, 6.45) is 0. The molecule has 2 aromatic carbocycles. The molecule has 0 heterocycles. The van der Waals surface area contributed by atoms with Crippen LogP contribution in [0.25, 0.3) is 0 Å². The Balaban J connectivity index is 2.49. The van der Waals surface area contributed by atoms with Crippen molar-refractivity contribution >= 4 is 38.8 Å². The summed E-state index contributed by atoms with van der Waals surface area (Å²) in [5, 5.41) is 0.322. The van der Waals surface area contributed by atoms with Crippen LogP contribution in [-0.2, 0) is 4.79 Å². The SMILES string of the molecule is CCSC(N)=NC(=O)C(C)(C)C(c1ccccc1)c1ccc(Br)cc1. The summed E-state index contributed by atoms with van der Waals surface area (Å²) in [6.45, 7) is 5.85. The highest BCUT2D eigenvalue weighted by Gasteiger charge is 2.39. The first kappa shape index (κ1) is 19.7. The van der Waals surface area contributed by atoms with Crippen molar-refractivity contribution in [2.45, 2.75) is 26.7 Å². The largest absolute Gasteiger partial charge is 0.378 e. The molecule has 3 nitrogen and oxygen atoms in total. The zero-order valence-electron chi connectivity index (χ0n) is 14.7. The molecular formula is C20H23BrN2OS. The Morgan fingerprint density at radius 3 is 2.24 bits per heavy atom. The van der Waals surface area contributed by atoms with Gasteiger partial charge in [0.1, 0.15) is 0 Å². The number of thioether (sulfide) groups is 1. The monoisotopic (exact) mass is 418 g/mol. The van der Waals surface area contributed by atoms with E-state index in [-0.39, 0.29) is 11.8 Å². The minimum absolute atomic E-state index is 0.113. The molecule has 0 aliphatic heterocycles. The van der Waals surface area contributed by atoms with Gasteiger partial charge in [0, 0.05) is 10.4 Å². The fourth-order valence-corrected chi connectivity index (χ4v) is 3.58. The van der Waals surface area contributed by atoms with E-state index in [0.717, 1.165) is 21.4 Å². The number of hydrogen-bond acceptors (Lipinski definition) is 2. The van der Waals surface area contributed by atoms with Crippen LogP contribution in [0.15, 0.2) is 64.1 Å². The zero-order valence-corrected chi connectivity index (χ0v) is 17.1. The molecular weight excluding hydrogens is 396 g/mol. The lowest BCUT2D eigenvalue weighted by Crippen LogP contribution is -2.32. The Morgan fingerprint density at radius 2 is 1.68 bits per heavy atom. The van der Waals surface area contributed by atoms with Crippen molar-refractivity contribution in [2.24, 2.45) is 16.1 Å². The molecule has 0 spiro atoms. The average molecular weight is 419 g/mol. The maximum absolute atomic E-state index is 12.9. The van der Waals surface area contributed by atoms with Crippen LogP contribution >= 0.6 is 27.7 Å². The number of nitrogens with two attached hydrogens (primary N) is 1. The molecule has 0 bridgehead atoms. The first-order chi connectivity index (χ1) is 11.9. The predicted molar refractivity (Wildman–Crippen MR) is 111 cm³/mol. The molecule has 132 valence electrons. The summed E-state index contributed by atoms with van der Waals surface area (Å²) in [7, 11) is 0. The molecule has 25 heavy (non-hydrogen) atoms. The van der Waals surface area contributed by atoms with E-state index in [1.165, 1.54) is 11.8 Å². The molecule has 1 amide bonds. The third-order valence-electron chi connectivity index (χ3n) is 4.11. The molecule has 0 fully saturated rings. The minimum atomic E-state index is -0.728. The molecule has 5 heteroatoms. The maximum Gasteiger partial charge on any atom is 0.254 e. The topological polar surface area (TPSA) is 55.4 Å². The van der Waals surface area contributed by atoms with E-state index < -0.39 is 5.41 Å². The second kappa shape index (κ2) is 8.68. The molecule has 0 saturated heterocycles. The lowest BCUT2D eigenvalue weighted by molar-refractivity contribution is -0.126. The van der Waals surface area contributed by atoms with Gasteiger partial charge < -0.3 is 5.73 Å². The average Bonchev–Trinajstić information content (AvgIpc) is 2.58. The van der Waals surface area contributed by atoms with Gasteiger partial charge in [0.2, 0.25) is 0 Å². The highest BCUT2D eigenvalue weighted by Crippen LogP contribution is 2.42. The molecule has 0 aliphatic rings. The number of rotatable bonds is 5. The van der Waals surface area contributed by atoms with Crippen LogP contribution in [0, 0.1) is 5.41 Å². The van der Waals surface area contributed by atoms with Crippen molar-refractivity contribution in [2.75, 3.05) is 5.75 Å². The Kier molecular flexibility index (Phi) is 6.85. The first-order valence-electron chi connectivity index (χ1n) is 8.18. The summed E-state index contributed by atoms with van der Waals surface area (Å²) in [4.78, 5) is 17.1. The molecule has 2 aromatic rings. The second-order valence-electron chi connectivity index (χ2n) is 6.31. The fourth-order valence-electron chi connectivity index (χ4n) is 2.87. The van der Waals surface area contributed by atoms with Gasteiger partial charge in [0.15, 0.2) is 5.17 Å². The third kappa shape index (κ3) is 4.95. The molecule has 2 N–H and O–H groups in total. The summed E-state index contributed by atoms with van der Waals surface area (Å²) in [6, 6.07) is 18.1. The van der Waals surface area contributed by atoms with Crippen molar-refractivity contribution < 1.29 is 4.79 Å². The Morgan fingerprint density at radius 1 is 1.12 bits per heavy atom. The second-order valence-corrected chi connectivity index (χ2v) is 8.51. The van der Waals surface area contributed by atoms with Gasteiger partial charge in [0.25, 0.3) is 5.91 Å². The quantitative estimate of drug-likeness (QED) is 0.535. The number of carbonyl (C=O) groups excluding carboxylic acids is 1. The van der Waals surface area contributed by atoms with Gasteiger partial charge in [-0.3, -0.25) is 4.79 Å². The molecule has 0 aromatic heterocycles. The van der Waals surface area contributed by atoms with E-state index in [1.807, 2.05) is 63.2 Å². The number of carbonyl (C=O) groups is 1. The van der Waals surface area contributed by atoms with Crippen molar-refractivity contribution in [3.8, 4) is 0 Å². The summed E-state index contributed by atoms with van der Waals surface area (Å²) in [5.74, 6) is 0.470. The number of aliphatic imine (C=N–C) groups is 1. The van der Waals surface area contributed by atoms with Gasteiger partial charge >= 0.3 is 0 Å². The molecule has 0 saturated carbocycles. The van der Waals surface area contributed by atoms with E-state index in [9.17, 15) is 4.79 Å². The number of halogens is 1. The smallest absolute Gasteiger partial charge is 0.254 e. The van der Waals surface area contributed by atoms with Crippen LogP contribution in [0.1, 0.15) is 37.8 Å². The van der Waals surface area contributed by atoms with Crippen molar-refractivity contribution in [3.05, 3.63) is 70.2 Å². The van der Waals surface area contributed by atoms with Crippen molar-refractivity contribution in [1.82, 2.24) is 0 Å². The van der Waals surface area contributed by atoms with E-state index in [2.05, 4.69) is 33.1 Å². The van der Waals surface area contributed by atoms with Gasteiger partial charge in [-0.1, -0.05) is 90.9 Å². The summed E-state index contributed by atoms with van der Waals surface area (Å²) >= 11 is 4.85. The molecule has 1 atom stereocenters. The number of benzene rings is 2. The number of amidine groups is 1. The zero-order chi connectivity index (χ0) is 18.4. The van der Waals surface area contributed by atoms with E-state index >= 15 is 0 Å². The molecule has 0 radical (unpaired) electrons. The van der Waals surface area contributed by atoms with Crippen molar-refractivity contribution in [1.29, 1.82) is 0 Å². The maximum atomic E-state index is 12.9. The van der Waals surface area contributed by atoms with Crippen LogP contribution in [0.3, 0.4) is 0 Å². The van der Waals surface area contributed by atoms with Crippen LogP contribution in [0.2, 0.25) is 0 Å². The lowest BCUT2D eigenvalue weighted by Gasteiger charge is -2.32. The van der Waals surface area contributed by atoms with Crippen LogP contribution < -0.4 is 5.73 Å². The Bertz CT molecular complexity index is 742. The number of hydrogen-bond donors (Lipinski definition) is 1. The predicted octanol–water partition coefficient (Wildman–Crippen LogP) is 5.20. The van der Waals surface area contributed by atoms with Crippen LogP contribution in [-0.4, -0.2) is 16.8 Å². The van der Waals surface area contributed by atoms with Gasteiger partial charge in [-0.25, -0.2) is 0 Å². The number of amides is 1. The minimum Gasteiger partial charge on any atom is -0.378 e. The molecule has 0 aliphatic carbocycles. The van der Waals surface area contributed by atoms with E-state index in [1.54, 1.807) is 0 Å². The van der Waals surface area contributed by atoms with E-state index in [0.29, 0.717) is 5.17 Å². The standard InChI is InChI=1S/C20H23BrN2OS/c1-4-25-19(22)23-18(24)20(2,3)17(14-8-6-5-7-9-14)15-10-12-16(21)13-11-15/h5-13,17H,4H2,1-3H3,(H2,22,23,24). The summed E-state index contributed by atoms with van der Waals surface area (Å²) in [5.41, 5.74) is 7.29. The Labute approximate surface area is 162 Å². The van der Waals surface area contributed by atoms with Crippen molar-refractivity contribution in [3.63, 3.8) is 0 Å². The summed E-state index contributed by atoms with van der Waals surface area (Å²) < 4.78 is 1.01. The van der Waals surface area contributed by atoms with Gasteiger partial charge in [-0.2, -0.15) is 4.99 Å². The molecule has 1 unspecified atom stereocenters. The van der Waals surface area contributed by atoms with Gasteiger partial charge in [0.05, 0.1) is 5.41 Å². The van der Waals surface area contributed by atoms with Gasteiger partial charge in [-0.05, 0) is 29.0 Å². The van der Waals surface area contributed by atoms with E-state index in [4.69, 9.17) is 5.73 Å². The normalized spacial score (nSPS) is 13.5. The highest BCUT2D eigenvalue weighted by atomic mass is 79.9. The Hall–Kier alpha value is -1.59. The number of nitrogens with zero attached hydrogens (tertiary/aromatic N) is 1. The molecule has 2 rings (SSSR count). The van der Waals surface area contributed by atoms with Crippen LogP contribution in [0.5, 0.6) is 0 Å². The highest BCUT2D eigenvalue weighted by molar-refractivity contribution is 9.10. The lowest BCUT2D eigenvalue weighted by atomic mass is 9.70. The van der Waals surface area contributed by atoms with Crippen LogP contribution in [0.4, 0.5) is 0 Å².